The summed E-state index contributed by atoms with van der Waals surface area (Å²) in [6.07, 6.45) is 14.3. The van der Waals surface area contributed by atoms with E-state index in [2.05, 4.69) is 22.2 Å². The van der Waals surface area contributed by atoms with Crippen LogP contribution in [0.1, 0.15) is 95.1 Å². The number of hydrogen-bond donors (Lipinski definition) is 2. The van der Waals surface area contributed by atoms with Gasteiger partial charge >= 0.3 is 0 Å². The zero-order chi connectivity index (χ0) is 17.4. The van der Waals surface area contributed by atoms with Gasteiger partial charge in [-0.05, 0) is 13.3 Å². The molecule has 0 radical (unpaired) electrons. The second kappa shape index (κ2) is 10.0. The molecule has 0 aliphatic heterocycles. The lowest BCUT2D eigenvalue weighted by molar-refractivity contribution is 0.515. The Morgan fingerprint density at radius 1 is 1.00 bits per heavy atom. The van der Waals surface area contributed by atoms with Crippen LogP contribution in [-0.4, -0.2) is 19.8 Å². The van der Waals surface area contributed by atoms with Gasteiger partial charge in [-0.2, -0.15) is 0 Å². The molecule has 2 heterocycles. The van der Waals surface area contributed by atoms with Crippen LogP contribution < -0.4 is 5.73 Å². The first kappa shape index (κ1) is 19.3. The molecule has 0 spiro atoms. The predicted octanol–water partition coefficient (Wildman–Crippen LogP) is 5.33. The summed E-state index contributed by atoms with van der Waals surface area (Å²) in [7, 11) is 0. The highest BCUT2D eigenvalue weighted by Gasteiger charge is 2.18. The SMILES string of the molecule is CCCCCCCCCCCCC(N)c1nnc2c(Cl)c(C)[nH]n12. The molecule has 0 saturated carbocycles. The molecule has 2 aromatic rings. The molecule has 0 saturated heterocycles. The molecule has 24 heavy (non-hydrogen) atoms. The number of aryl methyl sites for hydroxylation is 1. The summed E-state index contributed by atoms with van der Waals surface area (Å²) < 4.78 is 1.82. The van der Waals surface area contributed by atoms with Gasteiger partial charge < -0.3 is 5.73 Å². The Labute approximate surface area is 150 Å². The zero-order valence-electron chi connectivity index (χ0n) is 15.2. The number of halogens is 1. The molecule has 0 bridgehead atoms. The van der Waals surface area contributed by atoms with Gasteiger partial charge in [-0.3, -0.25) is 5.10 Å². The average Bonchev–Trinajstić information content (AvgIpc) is 3.10. The summed E-state index contributed by atoms with van der Waals surface area (Å²) in [5.74, 6) is 0.774. The number of nitrogens with zero attached hydrogens (tertiary/aromatic N) is 3. The first-order chi connectivity index (χ1) is 11.6. The summed E-state index contributed by atoms with van der Waals surface area (Å²) in [6.45, 7) is 4.19. The number of rotatable bonds is 12. The van der Waals surface area contributed by atoms with Gasteiger partial charge in [0.25, 0.3) is 0 Å². The van der Waals surface area contributed by atoms with Crippen molar-refractivity contribution < 1.29 is 0 Å². The number of H-pyrrole nitrogens is 1. The fourth-order valence-electron chi connectivity index (χ4n) is 3.15. The molecule has 0 amide bonds. The molecule has 3 N–H and O–H groups in total. The second-order valence-electron chi connectivity index (χ2n) is 6.85. The third-order valence-corrected chi connectivity index (χ3v) is 5.15. The lowest BCUT2D eigenvalue weighted by Gasteiger charge is -2.09. The number of unbranched alkanes of at least 4 members (excludes halogenated alkanes) is 9. The Bertz CT molecular complexity index is 604. The van der Waals surface area contributed by atoms with E-state index in [-0.39, 0.29) is 6.04 Å². The van der Waals surface area contributed by atoms with Crippen molar-refractivity contribution >= 4 is 17.2 Å². The van der Waals surface area contributed by atoms with Crippen molar-refractivity contribution in [3.8, 4) is 0 Å². The van der Waals surface area contributed by atoms with E-state index in [1.807, 2.05) is 11.4 Å². The van der Waals surface area contributed by atoms with E-state index < -0.39 is 0 Å². The summed E-state index contributed by atoms with van der Waals surface area (Å²) in [5.41, 5.74) is 7.85. The molecular formula is C18H32ClN5. The van der Waals surface area contributed by atoms with E-state index >= 15 is 0 Å². The standard InChI is InChI=1S/C18H32ClN5/c1-3-4-5-6-7-8-9-10-11-12-13-15(20)17-21-22-18-16(19)14(2)23-24(17)18/h15,23H,3-13,20H2,1-2H3. The monoisotopic (exact) mass is 353 g/mol. The van der Waals surface area contributed by atoms with E-state index in [0.717, 1.165) is 24.4 Å². The molecule has 1 atom stereocenters. The van der Waals surface area contributed by atoms with Crippen molar-refractivity contribution in [1.29, 1.82) is 0 Å². The Morgan fingerprint density at radius 3 is 2.21 bits per heavy atom. The smallest absolute Gasteiger partial charge is 0.196 e. The van der Waals surface area contributed by atoms with Crippen LogP contribution in [0.2, 0.25) is 5.02 Å². The molecule has 5 nitrogen and oxygen atoms in total. The maximum absolute atomic E-state index is 6.29. The molecule has 1 unspecified atom stereocenters. The molecule has 0 fully saturated rings. The molecule has 6 heteroatoms. The highest BCUT2D eigenvalue weighted by atomic mass is 35.5. The van der Waals surface area contributed by atoms with Crippen LogP contribution >= 0.6 is 11.6 Å². The third kappa shape index (κ3) is 5.21. The lowest BCUT2D eigenvalue weighted by atomic mass is 10.0. The van der Waals surface area contributed by atoms with Gasteiger partial charge in [-0.1, -0.05) is 82.7 Å². The van der Waals surface area contributed by atoms with E-state index in [1.54, 1.807) is 0 Å². The van der Waals surface area contributed by atoms with Crippen molar-refractivity contribution in [3.05, 3.63) is 16.5 Å². The van der Waals surface area contributed by atoms with Crippen molar-refractivity contribution in [1.82, 2.24) is 19.8 Å². The molecule has 136 valence electrons. The first-order valence-electron chi connectivity index (χ1n) is 9.49. The van der Waals surface area contributed by atoms with Gasteiger partial charge in [-0.15, -0.1) is 10.2 Å². The maximum Gasteiger partial charge on any atom is 0.196 e. The van der Waals surface area contributed by atoms with Crippen LogP contribution in [0, 0.1) is 6.92 Å². The van der Waals surface area contributed by atoms with E-state index in [1.165, 1.54) is 57.8 Å². The second-order valence-corrected chi connectivity index (χ2v) is 7.22. The quantitative estimate of drug-likeness (QED) is 0.506. The number of nitrogens with one attached hydrogen (secondary N) is 1. The summed E-state index contributed by atoms with van der Waals surface area (Å²) in [6, 6.07) is -0.0943. The fraction of sp³-hybridized carbons (Fsp3) is 0.778. The van der Waals surface area contributed by atoms with Crippen molar-refractivity contribution in [2.75, 3.05) is 0 Å². The Hall–Kier alpha value is -1.07. The van der Waals surface area contributed by atoms with Gasteiger partial charge in [0.15, 0.2) is 11.5 Å². The summed E-state index contributed by atoms with van der Waals surface area (Å²) in [4.78, 5) is 0. The normalized spacial score (nSPS) is 13.0. The highest BCUT2D eigenvalue weighted by Crippen LogP contribution is 2.23. The molecular weight excluding hydrogens is 322 g/mol. The topological polar surface area (TPSA) is 72.0 Å². The lowest BCUT2D eigenvalue weighted by Crippen LogP contribution is -2.14. The number of aromatic amines is 1. The number of hydrogen-bond acceptors (Lipinski definition) is 3. The molecule has 0 aromatic carbocycles. The van der Waals surface area contributed by atoms with Crippen molar-refractivity contribution in [2.45, 2.75) is 90.5 Å². The fourth-order valence-corrected chi connectivity index (χ4v) is 3.32. The number of aromatic nitrogens is 4. The van der Waals surface area contributed by atoms with Crippen LogP contribution in [0.15, 0.2) is 0 Å². The summed E-state index contributed by atoms with van der Waals surface area (Å²) in [5, 5.41) is 12.1. The van der Waals surface area contributed by atoms with Crippen molar-refractivity contribution in [3.63, 3.8) is 0 Å². The number of nitrogens with two attached hydrogens (primary N) is 1. The van der Waals surface area contributed by atoms with Gasteiger partial charge in [0.05, 0.1) is 11.7 Å². The van der Waals surface area contributed by atoms with Crippen LogP contribution in [0.3, 0.4) is 0 Å². The van der Waals surface area contributed by atoms with E-state index in [9.17, 15) is 0 Å². The molecule has 2 aromatic heterocycles. The van der Waals surface area contributed by atoms with Gasteiger partial charge in [-0.25, -0.2) is 4.52 Å². The van der Waals surface area contributed by atoms with Crippen LogP contribution in [0.4, 0.5) is 0 Å². The third-order valence-electron chi connectivity index (χ3n) is 4.69. The molecule has 0 aliphatic carbocycles. The Morgan fingerprint density at radius 2 is 1.58 bits per heavy atom. The number of fused-ring (bicyclic) bond motifs is 1. The van der Waals surface area contributed by atoms with Crippen LogP contribution in [0.25, 0.3) is 5.65 Å². The van der Waals surface area contributed by atoms with Gasteiger partial charge in [0.2, 0.25) is 0 Å². The summed E-state index contributed by atoms with van der Waals surface area (Å²) >= 11 is 6.18. The van der Waals surface area contributed by atoms with E-state index in [0.29, 0.717) is 10.7 Å². The van der Waals surface area contributed by atoms with Crippen molar-refractivity contribution in [2.24, 2.45) is 5.73 Å². The van der Waals surface area contributed by atoms with Crippen LogP contribution in [-0.2, 0) is 0 Å². The Balaban J connectivity index is 1.61. The largest absolute Gasteiger partial charge is 0.321 e. The minimum atomic E-state index is -0.0943. The minimum absolute atomic E-state index is 0.0943. The maximum atomic E-state index is 6.29. The molecule has 0 aliphatic rings. The van der Waals surface area contributed by atoms with Gasteiger partial charge in [0.1, 0.15) is 5.02 Å². The Kier molecular flexibility index (Phi) is 8.06. The highest BCUT2D eigenvalue weighted by molar-refractivity contribution is 6.34. The van der Waals surface area contributed by atoms with Crippen LogP contribution in [0.5, 0.6) is 0 Å². The molecule has 2 rings (SSSR count). The minimum Gasteiger partial charge on any atom is -0.321 e. The first-order valence-corrected chi connectivity index (χ1v) is 9.87. The van der Waals surface area contributed by atoms with Gasteiger partial charge in [0, 0.05) is 0 Å². The zero-order valence-corrected chi connectivity index (χ0v) is 15.9. The predicted molar refractivity (Wildman–Crippen MR) is 100 cm³/mol. The van der Waals surface area contributed by atoms with E-state index in [4.69, 9.17) is 17.3 Å². The average molecular weight is 354 g/mol.